The Labute approximate surface area is 141 Å². The third-order valence-electron chi connectivity index (χ3n) is 4.42. The van der Waals surface area contributed by atoms with Gasteiger partial charge < -0.3 is 15.3 Å². The Bertz CT molecular complexity index is 588. The number of nitrogens with one attached hydrogen (secondary N) is 1. The van der Waals surface area contributed by atoms with Crippen molar-refractivity contribution < 1.29 is 19.5 Å². The van der Waals surface area contributed by atoms with Crippen molar-refractivity contribution in [3.05, 3.63) is 35.9 Å². The molecule has 2 rings (SSSR count). The van der Waals surface area contributed by atoms with Crippen LogP contribution >= 0.6 is 0 Å². The molecule has 0 aliphatic heterocycles. The lowest BCUT2D eigenvalue weighted by Gasteiger charge is -2.21. The fourth-order valence-corrected chi connectivity index (χ4v) is 3.02. The highest BCUT2D eigenvalue weighted by Gasteiger charge is 2.30. The maximum Gasteiger partial charge on any atom is 0.306 e. The van der Waals surface area contributed by atoms with Crippen molar-refractivity contribution in [2.24, 2.45) is 5.92 Å². The number of aliphatic carboxylic acids is 1. The van der Waals surface area contributed by atoms with Crippen molar-refractivity contribution >= 4 is 17.8 Å². The number of hydrogen-bond donors (Lipinski definition) is 2. The molecule has 0 heterocycles. The second-order valence-electron chi connectivity index (χ2n) is 6.29. The van der Waals surface area contributed by atoms with E-state index in [4.69, 9.17) is 5.11 Å². The molecule has 24 heavy (non-hydrogen) atoms. The first-order valence-corrected chi connectivity index (χ1v) is 8.27. The zero-order valence-corrected chi connectivity index (χ0v) is 13.9. The molecule has 1 aromatic rings. The molecule has 2 atom stereocenters. The minimum absolute atomic E-state index is 0.0708. The maximum atomic E-state index is 12.1. The predicted molar refractivity (Wildman–Crippen MR) is 89.1 cm³/mol. The molecule has 0 spiro atoms. The molecule has 1 saturated carbocycles. The first-order valence-electron chi connectivity index (χ1n) is 8.27. The molecule has 2 amide bonds. The SMILES string of the molecule is CC(=O)N(CCC(=O)N[C@H]1CC[C@@H](C(=O)O)C1)Cc1ccccc1. The van der Waals surface area contributed by atoms with Gasteiger partial charge in [-0.2, -0.15) is 0 Å². The van der Waals surface area contributed by atoms with Gasteiger partial charge in [-0.25, -0.2) is 0 Å². The Balaban J connectivity index is 1.78. The summed E-state index contributed by atoms with van der Waals surface area (Å²) in [5.74, 6) is -1.36. The largest absolute Gasteiger partial charge is 0.481 e. The molecule has 6 heteroatoms. The molecule has 2 N–H and O–H groups in total. The lowest BCUT2D eigenvalue weighted by atomic mass is 10.1. The molecule has 0 aromatic heterocycles. The van der Waals surface area contributed by atoms with E-state index < -0.39 is 5.97 Å². The van der Waals surface area contributed by atoms with Gasteiger partial charge in [-0.05, 0) is 24.8 Å². The van der Waals surface area contributed by atoms with Gasteiger partial charge in [0.05, 0.1) is 5.92 Å². The Hall–Kier alpha value is -2.37. The number of carboxylic acids is 1. The van der Waals surface area contributed by atoms with Crippen LogP contribution in [0.15, 0.2) is 30.3 Å². The summed E-state index contributed by atoms with van der Waals surface area (Å²) < 4.78 is 0. The third-order valence-corrected chi connectivity index (χ3v) is 4.42. The van der Waals surface area contributed by atoms with E-state index in [2.05, 4.69) is 5.32 Å². The van der Waals surface area contributed by atoms with E-state index in [1.165, 1.54) is 6.92 Å². The fraction of sp³-hybridized carbons (Fsp3) is 0.500. The van der Waals surface area contributed by atoms with Crippen molar-refractivity contribution in [3.8, 4) is 0 Å². The summed E-state index contributed by atoms with van der Waals surface area (Å²) in [4.78, 5) is 36.4. The summed E-state index contributed by atoms with van der Waals surface area (Å²) in [5, 5.41) is 11.9. The van der Waals surface area contributed by atoms with E-state index in [0.717, 1.165) is 5.56 Å². The molecule has 130 valence electrons. The van der Waals surface area contributed by atoms with E-state index in [-0.39, 0.29) is 30.2 Å². The zero-order valence-electron chi connectivity index (χ0n) is 13.9. The van der Waals surface area contributed by atoms with Crippen LogP contribution in [0.4, 0.5) is 0 Å². The molecule has 1 aliphatic carbocycles. The summed E-state index contributed by atoms with van der Waals surface area (Å²) in [6.45, 7) is 2.33. The second kappa shape index (κ2) is 8.47. The Kier molecular flexibility index (Phi) is 6.35. The molecule has 6 nitrogen and oxygen atoms in total. The van der Waals surface area contributed by atoms with Crippen LogP contribution in [0.25, 0.3) is 0 Å². The number of hydrogen-bond acceptors (Lipinski definition) is 3. The summed E-state index contributed by atoms with van der Waals surface area (Å²) in [6.07, 6.45) is 2.01. The molecule has 0 saturated heterocycles. The van der Waals surface area contributed by atoms with Crippen LogP contribution in [0.1, 0.15) is 38.2 Å². The first-order chi connectivity index (χ1) is 11.5. The smallest absolute Gasteiger partial charge is 0.306 e. The van der Waals surface area contributed by atoms with E-state index in [1.54, 1.807) is 4.90 Å². The number of rotatable bonds is 7. The summed E-state index contributed by atoms with van der Waals surface area (Å²) >= 11 is 0. The first kappa shape index (κ1) is 18.0. The van der Waals surface area contributed by atoms with Crippen molar-refractivity contribution in [1.82, 2.24) is 10.2 Å². The third kappa shape index (κ3) is 5.37. The lowest BCUT2D eigenvalue weighted by molar-refractivity contribution is -0.141. The predicted octanol–water partition coefficient (Wildman–Crippen LogP) is 1.79. The summed E-state index contributed by atoms with van der Waals surface area (Å²) in [6, 6.07) is 9.57. The van der Waals surface area contributed by atoms with Crippen LogP contribution in [-0.2, 0) is 20.9 Å². The van der Waals surface area contributed by atoms with Crippen LogP contribution < -0.4 is 5.32 Å². The fourth-order valence-electron chi connectivity index (χ4n) is 3.02. The van der Waals surface area contributed by atoms with Crippen LogP contribution in [0.2, 0.25) is 0 Å². The van der Waals surface area contributed by atoms with Gasteiger partial charge >= 0.3 is 5.97 Å². The summed E-state index contributed by atoms with van der Waals surface area (Å²) in [7, 11) is 0. The highest BCUT2D eigenvalue weighted by atomic mass is 16.4. The Morgan fingerprint density at radius 1 is 1.21 bits per heavy atom. The average molecular weight is 332 g/mol. The van der Waals surface area contributed by atoms with Crippen LogP contribution in [-0.4, -0.2) is 40.4 Å². The normalized spacial score (nSPS) is 19.7. The molecule has 1 fully saturated rings. The number of carboxylic acid groups (broad SMARTS) is 1. The Morgan fingerprint density at radius 3 is 2.50 bits per heavy atom. The van der Waals surface area contributed by atoms with Crippen molar-refractivity contribution in [1.29, 1.82) is 0 Å². The van der Waals surface area contributed by atoms with Crippen LogP contribution in [0.5, 0.6) is 0 Å². The molecule has 1 aliphatic rings. The monoisotopic (exact) mass is 332 g/mol. The van der Waals surface area contributed by atoms with E-state index in [0.29, 0.717) is 32.4 Å². The molecule has 0 radical (unpaired) electrons. The van der Waals surface area contributed by atoms with Crippen molar-refractivity contribution in [2.75, 3.05) is 6.54 Å². The number of benzene rings is 1. The minimum atomic E-state index is -0.794. The van der Waals surface area contributed by atoms with Gasteiger partial charge in [0.2, 0.25) is 11.8 Å². The molecular formula is C18H24N2O4. The average Bonchev–Trinajstić information content (AvgIpc) is 3.01. The van der Waals surface area contributed by atoms with Crippen LogP contribution in [0, 0.1) is 5.92 Å². The molecule has 1 aromatic carbocycles. The highest BCUT2D eigenvalue weighted by molar-refractivity contribution is 5.78. The topological polar surface area (TPSA) is 86.7 Å². The number of amides is 2. The van der Waals surface area contributed by atoms with Gasteiger partial charge in [0.15, 0.2) is 0 Å². The van der Waals surface area contributed by atoms with Gasteiger partial charge in [0.1, 0.15) is 0 Å². The van der Waals surface area contributed by atoms with Gasteiger partial charge in [-0.3, -0.25) is 14.4 Å². The maximum absolute atomic E-state index is 12.1. The van der Waals surface area contributed by atoms with E-state index in [9.17, 15) is 14.4 Å². The van der Waals surface area contributed by atoms with Crippen molar-refractivity contribution in [2.45, 2.75) is 45.2 Å². The van der Waals surface area contributed by atoms with E-state index in [1.807, 2.05) is 30.3 Å². The minimum Gasteiger partial charge on any atom is -0.481 e. The van der Waals surface area contributed by atoms with Gasteiger partial charge in [-0.1, -0.05) is 30.3 Å². The molecular weight excluding hydrogens is 308 g/mol. The molecule has 0 bridgehead atoms. The number of carbonyl (C=O) groups excluding carboxylic acids is 2. The second-order valence-corrected chi connectivity index (χ2v) is 6.29. The van der Waals surface area contributed by atoms with Crippen molar-refractivity contribution in [3.63, 3.8) is 0 Å². The Morgan fingerprint density at radius 2 is 1.92 bits per heavy atom. The summed E-state index contributed by atoms with van der Waals surface area (Å²) in [5.41, 5.74) is 1.02. The number of carbonyl (C=O) groups is 3. The van der Waals surface area contributed by atoms with Gasteiger partial charge in [-0.15, -0.1) is 0 Å². The zero-order chi connectivity index (χ0) is 17.5. The van der Waals surface area contributed by atoms with Gasteiger partial charge in [0, 0.05) is 32.5 Å². The molecule has 0 unspecified atom stereocenters. The quantitative estimate of drug-likeness (QED) is 0.797. The standard InChI is InChI=1S/C18H24N2O4/c1-13(21)20(12-14-5-3-2-4-6-14)10-9-17(22)19-16-8-7-15(11-16)18(23)24/h2-6,15-16H,7-12H2,1H3,(H,19,22)(H,23,24)/t15-,16+/m1/s1. The van der Waals surface area contributed by atoms with Gasteiger partial charge in [0.25, 0.3) is 0 Å². The lowest BCUT2D eigenvalue weighted by Crippen LogP contribution is -2.37. The van der Waals surface area contributed by atoms with Crippen LogP contribution in [0.3, 0.4) is 0 Å². The number of nitrogens with zero attached hydrogens (tertiary/aromatic N) is 1. The highest BCUT2D eigenvalue weighted by Crippen LogP contribution is 2.25. The van der Waals surface area contributed by atoms with E-state index >= 15 is 0 Å².